The molecule has 210 valence electrons. The largest absolute Gasteiger partial charge is 0.453 e. The summed E-state index contributed by atoms with van der Waals surface area (Å²) in [5.74, 6) is 1.02. The molecule has 0 unspecified atom stereocenters. The molecule has 1 aliphatic carbocycles. The van der Waals surface area contributed by atoms with Crippen molar-refractivity contribution in [1.82, 2.24) is 4.98 Å². The number of allylic oxidation sites excluding steroid dienone is 4. The van der Waals surface area contributed by atoms with Gasteiger partial charge in [0, 0.05) is 36.6 Å². The molecule has 0 amide bonds. The Labute approximate surface area is 251 Å². The van der Waals surface area contributed by atoms with E-state index in [1.54, 1.807) is 0 Å². The van der Waals surface area contributed by atoms with Crippen molar-refractivity contribution in [1.29, 1.82) is 0 Å². The van der Waals surface area contributed by atoms with Crippen LogP contribution < -0.4 is 0 Å². The van der Waals surface area contributed by atoms with Crippen LogP contribution in [0.15, 0.2) is 107 Å². The van der Waals surface area contributed by atoms with Gasteiger partial charge < -0.3 is 4.42 Å². The summed E-state index contributed by atoms with van der Waals surface area (Å²) in [7, 11) is 0. The van der Waals surface area contributed by atoms with Crippen molar-refractivity contribution < 1.29 is 7.16 Å². The Balaban J connectivity index is 1.45. The lowest BCUT2D eigenvalue weighted by molar-refractivity contribution is 0.647. The maximum atomic E-state index is 8.99. The van der Waals surface area contributed by atoms with E-state index in [2.05, 4.69) is 82.3 Å². The SMILES string of the molecule is [2H]C([2H])(c1cc(-c2nccc3c2oc2c4cc(C5C(C(C)C)=CC=C5C(C)C)ccc4ccc32)cc2ccccc12)C(C)C. The van der Waals surface area contributed by atoms with Gasteiger partial charge in [0.15, 0.2) is 5.58 Å². The van der Waals surface area contributed by atoms with Crippen LogP contribution >= 0.6 is 0 Å². The van der Waals surface area contributed by atoms with Gasteiger partial charge in [-0.05, 0) is 81.7 Å². The molecular formula is C40H39NO. The molecule has 0 N–H and O–H groups in total. The van der Waals surface area contributed by atoms with Crippen LogP contribution in [0.5, 0.6) is 0 Å². The van der Waals surface area contributed by atoms with E-state index in [1.165, 1.54) is 16.7 Å². The second-order valence-electron chi connectivity index (χ2n) is 12.7. The molecule has 6 aromatic rings. The topological polar surface area (TPSA) is 26.0 Å². The smallest absolute Gasteiger partial charge is 0.161 e. The first-order valence-corrected chi connectivity index (χ1v) is 15.2. The summed E-state index contributed by atoms with van der Waals surface area (Å²) in [6, 6.07) is 25.4. The fourth-order valence-corrected chi connectivity index (χ4v) is 6.77. The molecule has 0 spiro atoms. The minimum atomic E-state index is -1.50. The van der Waals surface area contributed by atoms with Crippen LogP contribution in [-0.4, -0.2) is 4.98 Å². The minimum absolute atomic E-state index is 0.186. The normalized spacial score (nSPS) is 15.5. The molecular weight excluding hydrogens is 510 g/mol. The number of nitrogens with zero attached hydrogens (tertiary/aromatic N) is 1. The molecule has 2 heterocycles. The van der Waals surface area contributed by atoms with E-state index in [0.717, 1.165) is 54.7 Å². The van der Waals surface area contributed by atoms with Gasteiger partial charge in [-0.3, -0.25) is 4.98 Å². The van der Waals surface area contributed by atoms with Gasteiger partial charge >= 0.3 is 0 Å². The highest BCUT2D eigenvalue weighted by Gasteiger charge is 2.28. The van der Waals surface area contributed by atoms with E-state index in [-0.39, 0.29) is 11.8 Å². The Morgan fingerprint density at radius 3 is 2.17 bits per heavy atom. The van der Waals surface area contributed by atoms with Gasteiger partial charge in [-0.15, -0.1) is 0 Å². The molecule has 0 bridgehead atoms. The number of fused-ring (bicyclic) bond motifs is 6. The average molecular weight is 552 g/mol. The zero-order valence-corrected chi connectivity index (χ0v) is 25.3. The summed E-state index contributed by atoms with van der Waals surface area (Å²) in [5.41, 5.74) is 8.12. The van der Waals surface area contributed by atoms with Gasteiger partial charge in [0.1, 0.15) is 11.3 Å². The summed E-state index contributed by atoms with van der Waals surface area (Å²) >= 11 is 0. The highest BCUT2D eigenvalue weighted by molar-refractivity contribution is 6.17. The molecule has 2 heteroatoms. The molecule has 0 fully saturated rings. The first-order chi connectivity index (χ1) is 21.1. The molecule has 0 saturated carbocycles. The Kier molecular flexibility index (Phi) is 5.98. The summed E-state index contributed by atoms with van der Waals surface area (Å²) in [4.78, 5) is 4.84. The number of furan rings is 1. The van der Waals surface area contributed by atoms with Gasteiger partial charge in [0.05, 0.1) is 0 Å². The highest BCUT2D eigenvalue weighted by Crippen LogP contribution is 2.45. The number of aromatic nitrogens is 1. The third-order valence-corrected chi connectivity index (χ3v) is 8.78. The molecule has 0 aliphatic heterocycles. The average Bonchev–Trinajstić information content (AvgIpc) is 3.63. The van der Waals surface area contributed by atoms with Crippen LogP contribution in [0.1, 0.15) is 61.3 Å². The molecule has 2 aromatic heterocycles. The maximum absolute atomic E-state index is 8.99. The molecule has 7 rings (SSSR count). The van der Waals surface area contributed by atoms with Gasteiger partial charge in [0.25, 0.3) is 0 Å². The zero-order chi connectivity index (χ0) is 30.9. The standard InChI is InChI=1S/C40H39NO/c1-23(2)19-29-21-30(20-27-9-7-8-10-33(27)29)38-40-35(17-18-41-38)34-14-13-26-11-12-28(22-36(26)39(34)42-40)37-31(24(3)4)15-16-32(37)25(5)6/h7-18,20-25,37H,19H2,1-6H3/i19D2. The highest BCUT2D eigenvalue weighted by atomic mass is 16.3. The molecule has 0 saturated heterocycles. The van der Waals surface area contributed by atoms with E-state index in [4.69, 9.17) is 12.1 Å². The molecule has 42 heavy (non-hydrogen) atoms. The van der Waals surface area contributed by atoms with E-state index in [9.17, 15) is 0 Å². The summed E-state index contributed by atoms with van der Waals surface area (Å²) in [5, 5.41) is 6.27. The monoisotopic (exact) mass is 551 g/mol. The van der Waals surface area contributed by atoms with Crippen molar-refractivity contribution >= 4 is 43.5 Å². The van der Waals surface area contributed by atoms with Crippen LogP contribution in [0.2, 0.25) is 0 Å². The van der Waals surface area contributed by atoms with Gasteiger partial charge in [-0.25, -0.2) is 0 Å². The van der Waals surface area contributed by atoms with Crippen molar-refractivity contribution in [3.63, 3.8) is 0 Å². The molecule has 0 atom stereocenters. The summed E-state index contributed by atoms with van der Waals surface area (Å²) < 4.78 is 24.8. The van der Waals surface area contributed by atoms with Gasteiger partial charge in [-0.2, -0.15) is 0 Å². The predicted octanol–water partition coefficient (Wildman–Crippen LogP) is 11.4. The minimum Gasteiger partial charge on any atom is -0.453 e. The van der Waals surface area contributed by atoms with Crippen LogP contribution in [0.25, 0.3) is 54.7 Å². The second kappa shape index (κ2) is 10.3. The Morgan fingerprint density at radius 2 is 1.43 bits per heavy atom. The zero-order valence-electron chi connectivity index (χ0n) is 27.3. The lowest BCUT2D eigenvalue weighted by Crippen LogP contribution is -2.10. The van der Waals surface area contributed by atoms with Crippen LogP contribution in [-0.2, 0) is 6.37 Å². The third kappa shape index (κ3) is 4.36. The molecule has 1 aliphatic rings. The predicted molar refractivity (Wildman–Crippen MR) is 179 cm³/mol. The Morgan fingerprint density at radius 1 is 0.714 bits per heavy atom. The molecule has 4 aromatic carbocycles. The lowest BCUT2D eigenvalue weighted by Gasteiger charge is -2.25. The fraction of sp³-hybridized carbons (Fsp3) is 0.275. The third-order valence-electron chi connectivity index (χ3n) is 8.78. The maximum Gasteiger partial charge on any atom is 0.161 e. The van der Waals surface area contributed by atoms with Crippen molar-refractivity contribution in [2.24, 2.45) is 17.8 Å². The van der Waals surface area contributed by atoms with E-state index < -0.39 is 6.37 Å². The first-order valence-electron chi connectivity index (χ1n) is 16.2. The van der Waals surface area contributed by atoms with Crippen molar-refractivity contribution in [3.05, 3.63) is 113 Å². The molecule has 0 radical (unpaired) electrons. The number of hydrogen-bond acceptors (Lipinski definition) is 2. The summed E-state index contributed by atoms with van der Waals surface area (Å²) in [6.07, 6.45) is 5.00. The van der Waals surface area contributed by atoms with Crippen molar-refractivity contribution in [2.75, 3.05) is 0 Å². The fourth-order valence-electron chi connectivity index (χ4n) is 6.77. The van der Waals surface area contributed by atoms with E-state index in [1.807, 2.05) is 50.4 Å². The first kappa shape index (κ1) is 24.4. The number of rotatable bonds is 6. The Hall–Kier alpha value is -4.17. The summed E-state index contributed by atoms with van der Waals surface area (Å²) in [6.45, 7) is 13.0. The van der Waals surface area contributed by atoms with Gasteiger partial charge in [0.2, 0.25) is 0 Å². The van der Waals surface area contributed by atoms with Crippen LogP contribution in [0.4, 0.5) is 0 Å². The van der Waals surface area contributed by atoms with Crippen LogP contribution in [0, 0.1) is 17.8 Å². The van der Waals surface area contributed by atoms with Crippen molar-refractivity contribution in [3.8, 4) is 11.3 Å². The molecule has 2 nitrogen and oxygen atoms in total. The lowest BCUT2D eigenvalue weighted by atomic mass is 9.79. The number of pyridine rings is 1. The number of hydrogen-bond donors (Lipinski definition) is 0. The van der Waals surface area contributed by atoms with E-state index >= 15 is 0 Å². The Bertz CT molecular complexity index is 2120. The van der Waals surface area contributed by atoms with Crippen LogP contribution in [0.3, 0.4) is 0 Å². The second-order valence-corrected chi connectivity index (χ2v) is 12.7. The number of benzene rings is 4. The van der Waals surface area contributed by atoms with Gasteiger partial charge in [-0.1, -0.05) is 107 Å². The van der Waals surface area contributed by atoms with Crippen molar-refractivity contribution in [2.45, 2.75) is 53.8 Å². The quantitative estimate of drug-likeness (QED) is 0.206. The van der Waals surface area contributed by atoms with E-state index in [0.29, 0.717) is 17.4 Å².